The number of nitrogens with one attached hydrogen (secondary N) is 2. The maximum Gasteiger partial charge on any atom is 0.234 e. The summed E-state index contributed by atoms with van der Waals surface area (Å²) >= 11 is 0. The molecule has 132 valence electrons. The van der Waals surface area contributed by atoms with Crippen molar-refractivity contribution in [3.05, 3.63) is 77.5 Å². The highest BCUT2D eigenvalue weighted by Crippen LogP contribution is 2.17. The predicted molar refractivity (Wildman–Crippen MR) is 105 cm³/mol. The molecule has 0 aliphatic carbocycles. The van der Waals surface area contributed by atoms with E-state index in [2.05, 4.69) is 61.4 Å². The summed E-state index contributed by atoms with van der Waals surface area (Å²) in [6.07, 6.45) is 5.12. The number of nitrogens with zero attached hydrogens (tertiary/aromatic N) is 3. The second-order valence-corrected chi connectivity index (χ2v) is 6.61. The van der Waals surface area contributed by atoms with Crippen LogP contribution >= 0.6 is 0 Å². The number of hydrogen-bond donors (Lipinski definition) is 2. The second-order valence-electron chi connectivity index (χ2n) is 6.61. The fourth-order valence-corrected chi connectivity index (χ4v) is 3.35. The van der Waals surface area contributed by atoms with Crippen LogP contribution in [0.3, 0.4) is 0 Å². The molecule has 0 saturated heterocycles. The molecule has 0 spiro atoms. The monoisotopic (exact) mass is 345 g/mol. The molecule has 5 heteroatoms. The molecule has 26 heavy (non-hydrogen) atoms. The third-order valence-electron chi connectivity index (χ3n) is 4.57. The molecule has 0 fully saturated rings. The molecule has 1 aromatic carbocycles. The van der Waals surface area contributed by atoms with Gasteiger partial charge in [0.05, 0.1) is 0 Å². The number of para-hydroxylation sites is 1. The molecule has 0 unspecified atom stereocenters. The first-order valence-electron chi connectivity index (χ1n) is 8.95. The molecule has 0 amide bonds. The van der Waals surface area contributed by atoms with Crippen LogP contribution in [-0.2, 0) is 13.0 Å². The summed E-state index contributed by atoms with van der Waals surface area (Å²) in [6.45, 7) is 5.70. The van der Waals surface area contributed by atoms with Gasteiger partial charge in [-0.05, 0) is 56.6 Å². The van der Waals surface area contributed by atoms with Crippen molar-refractivity contribution in [2.45, 2.75) is 26.8 Å². The van der Waals surface area contributed by atoms with Crippen LogP contribution in [0.2, 0.25) is 0 Å². The molecule has 2 N–H and O–H groups in total. The van der Waals surface area contributed by atoms with Crippen molar-refractivity contribution in [2.75, 3.05) is 6.54 Å². The summed E-state index contributed by atoms with van der Waals surface area (Å²) in [5, 5.41) is 4.85. The van der Waals surface area contributed by atoms with Gasteiger partial charge in [0.15, 0.2) is 0 Å². The maximum absolute atomic E-state index is 4.56. The molecule has 0 aliphatic heterocycles. The Labute approximate surface area is 153 Å². The lowest BCUT2D eigenvalue weighted by atomic mass is 10.1. The van der Waals surface area contributed by atoms with Crippen molar-refractivity contribution in [3.63, 3.8) is 0 Å². The van der Waals surface area contributed by atoms with Crippen molar-refractivity contribution in [1.29, 1.82) is 0 Å². The maximum atomic E-state index is 4.56. The van der Waals surface area contributed by atoms with Gasteiger partial charge in [-0.15, -0.1) is 0 Å². The zero-order chi connectivity index (χ0) is 17.9. The highest BCUT2D eigenvalue weighted by molar-refractivity contribution is 5.83. The van der Waals surface area contributed by atoms with Crippen LogP contribution < -0.4 is 5.32 Å². The Balaban J connectivity index is 1.41. The molecule has 0 saturated carbocycles. The first kappa shape index (κ1) is 16.5. The molecule has 4 aromatic rings. The van der Waals surface area contributed by atoms with Crippen molar-refractivity contribution < 1.29 is 0 Å². The Morgan fingerprint density at radius 2 is 1.85 bits per heavy atom. The number of aromatic nitrogens is 4. The van der Waals surface area contributed by atoms with E-state index >= 15 is 0 Å². The van der Waals surface area contributed by atoms with Crippen LogP contribution in [-0.4, -0.2) is 26.1 Å². The lowest BCUT2D eigenvalue weighted by Gasteiger charge is -2.10. The van der Waals surface area contributed by atoms with Gasteiger partial charge in [-0.25, -0.2) is 9.97 Å². The number of benzene rings is 1. The van der Waals surface area contributed by atoms with Gasteiger partial charge in [0.1, 0.15) is 0 Å². The van der Waals surface area contributed by atoms with Crippen LogP contribution in [0.1, 0.15) is 22.6 Å². The van der Waals surface area contributed by atoms with Gasteiger partial charge in [0.25, 0.3) is 0 Å². The predicted octanol–water partition coefficient (Wildman–Crippen LogP) is 3.70. The normalized spacial score (nSPS) is 11.3. The standard InChI is InChI=1S/C21H23N5/c1-15-12-16(2)25-21(24-15)26-11-5-6-18(26)14-22-10-9-17-13-23-20-8-4-3-7-19(17)20/h3-8,11-13,22-23H,9-10,14H2,1-2H3. The van der Waals surface area contributed by atoms with Gasteiger partial charge < -0.3 is 10.3 Å². The molecule has 3 aromatic heterocycles. The smallest absolute Gasteiger partial charge is 0.234 e. The number of fused-ring (bicyclic) bond motifs is 1. The number of rotatable bonds is 6. The van der Waals surface area contributed by atoms with E-state index in [0.717, 1.165) is 42.5 Å². The number of aromatic amines is 1. The molecule has 5 nitrogen and oxygen atoms in total. The van der Waals surface area contributed by atoms with Crippen LogP contribution in [0.25, 0.3) is 16.9 Å². The van der Waals surface area contributed by atoms with Gasteiger partial charge in [0, 0.05) is 46.9 Å². The summed E-state index contributed by atoms with van der Waals surface area (Å²) < 4.78 is 2.05. The summed E-state index contributed by atoms with van der Waals surface area (Å²) in [6, 6.07) is 14.6. The molecule has 0 aliphatic rings. The van der Waals surface area contributed by atoms with E-state index in [1.54, 1.807) is 0 Å². The first-order chi connectivity index (χ1) is 12.7. The summed E-state index contributed by atoms with van der Waals surface area (Å²) in [5.41, 5.74) is 5.68. The van der Waals surface area contributed by atoms with Gasteiger partial charge in [-0.3, -0.25) is 4.57 Å². The quantitative estimate of drug-likeness (QED) is 0.524. The molecule has 0 atom stereocenters. The van der Waals surface area contributed by atoms with Gasteiger partial charge in [-0.2, -0.15) is 0 Å². The molecule has 3 heterocycles. The minimum Gasteiger partial charge on any atom is -0.361 e. The third-order valence-corrected chi connectivity index (χ3v) is 4.57. The van der Waals surface area contributed by atoms with Crippen LogP contribution in [0, 0.1) is 13.8 Å². The Bertz CT molecular complexity index is 1010. The summed E-state index contributed by atoms with van der Waals surface area (Å²) in [5.74, 6) is 0.737. The lowest BCUT2D eigenvalue weighted by Crippen LogP contribution is -2.19. The second kappa shape index (κ2) is 7.14. The highest BCUT2D eigenvalue weighted by atomic mass is 15.2. The SMILES string of the molecule is Cc1cc(C)nc(-n2cccc2CNCCc2c[nH]c3ccccc23)n1. The van der Waals surface area contributed by atoms with Gasteiger partial charge >= 0.3 is 0 Å². The van der Waals surface area contributed by atoms with E-state index in [9.17, 15) is 0 Å². The fraction of sp³-hybridized carbons (Fsp3) is 0.238. The van der Waals surface area contributed by atoms with E-state index < -0.39 is 0 Å². The molecule has 0 bridgehead atoms. The van der Waals surface area contributed by atoms with Crippen molar-refractivity contribution >= 4 is 10.9 Å². The van der Waals surface area contributed by atoms with E-state index in [1.165, 1.54) is 16.5 Å². The number of H-pyrrole nitrogens is 1. The largest absolute Gasteiger partial charge is 0.361 e. The topological polar surface area (TPSA) is 58.5 Å². The first-order valence-corrected chi connectivity index (χ1v) is 8.95. The highest BCUT2D eigenvalue weighted by Gasteiger charge is 2.07. The van der Waals surface area contributed by atoms with Crippen LogP contribution in [0.15, 0.2) is 54.9 Å². The zero-order valence-electron chi connectivity index (χ0n) is 15.2. The van der Waals surface area contributed by atoms with Crippen molar-refractivity contribution in [3.8, 4) is 5.95 Å². The average molecular weight is 345 g/mol. The molecule has 4 rings (SSSR count). The average Bonchev–Trinajstić information content (AvgIpc) is 3.25. The molecule has 0 radical (unpaired) electrons. The van der Waals surface area contributed by atoms with Gasteiger partial charge in [0.2, 0.25) is 5.95 Å². The Hall–Kier alpha value is -2.92. The number of aryl methyl sites for hydroxylation is 2. The zero-order valence-corrected chi connectivity index (χ0v) is 15.2. The minimum atomic E-state index is 0.737. The number of hydrogen-bond acceptors (Lipinski definition) is 3. The van der Waals surface area contributed by atoms with E-state index in [0.29, 0.717) is 0 Å². The van der Waals surface area contributed by atoms with Gasteiger partial charge in [-0.1, -0.05) is 18.2 Å². The van der Waals surface area contributed by atoms with Crippen molar-refractivity contribution in [1.82, 2.24) is 24.8 Å². The summed E-state index contributed by atoms with van der Waals surface area (Å²) in [4.78, 5) is 12.5. The summed E-state index contributed by atoms with van der Waals surface area (Å²) in [7, 11) is 0. The van der Waals surface area contributed by atoms with E-state index in [4.69, 9.17) is 0 Å². The Morgan fingerprint density at radius 3 is 2.69 bits per heavy atom. The Morgan fingerprint density at radius 1 is 1.04 bits per heavy atom. The minimum absolute atomic E-state index is 0.737. The van der Waals surface area contributed by atoms with E-state index in [-0.39, 0.29) is 0 Å². The van der Waals surface area contributed by atoms with Crippen LogP contribution in [0.5, 0.6) is 0 Å². The van der Waals surface area contributed by atoms with E-state index in [1.807, 2.05) is 32.2 Å². The van der Waals surface area contributed by atoms with Crippen LogP contribution in [0.4, 0.5) is 0 Å². The lowest BCUT2D eigenvalue weighted by molar-refractivity contribution is 0.661. The third kappa shape index (κ3) is 3.39. The molecular formula is C21H23N5. The fourth-order valence-electron chi connectivity index (χ4n) is 3.35. The Kier molecular flexibility index (Phi) is 4.54. The van der Waals surface area contributed by atoms with Crippen molar-refractivity contribution in [2.24, 2.45) is 0 Å². The molecular weight excluding hydrogens is 322 g/mol.